The van der Waals surface area contributed by atoms with Gasteiger partial charge in [0.05, 0.1) is 11.4 Å². The maximum Gasteiger partial charge on any atom is 0.356 e. The van der Waals surface area contributed by atoms with Crippen molar-refractivity contribution in [3.63, 3.8) is 0 Å². The molecule has 0 aromatic carbocycles. The summed E-state index contributed by atoms with van der Waals surface area (Å²) in [7, 11) is 0. The molecule has 2 N–H and O–H groups in total. The van der Waals surface area contributed by atoms with Gasteiger partial charge in [0.25, 0.3) is 0 Å². The zero-order chi connectivity index (χ0) is 17.7. The molecule has 2 rings (SSSR count). The Labute approximate surface area is 155 Å². The summed E-state index contributed by atoms with van der Waals surface area (Å²) in [6, 6.07) is 0. The first kappa shape index (κ1) is 19.0. The Kier molecular flexibility index (Phi) is 6.90. The molecule has 0 bridgehead atoms. The van der Waals surface area contributed by atoms with Crippen LogP contribution in [0.2, 0.25) is 15.2 Å². The molecule has 0 saturated carbocycles. The zero-order valence-corrected chi connectivity index (χ0v) is 15.5. The highest BCUT2D eigenvalue weighted by atomic mass is 35.5. The van der Waals surface area contributed by atoms with Crippen LogP contribution in [0.5, 0.6) is 0 Å². The van der Waals surface area contributed by atoms with Crippen molar-refractivity contribution in [2.45, 2.75) is 45.4 Å². The highest BCUT2D eigenvalue weighted by Crippen LogP contribution is 2.37. The van der Waals surface area contributed by atoms with Gasteiger partial charge in [-0.25, -0.2) is 9.78 Å². The van der Waals surface area contributed by atoms with E-state index < -0.39 is 5.97 Å². The second kappa shape index (κ2) is 8.70. The number of carbonyl (C=O) groups is 1. The molecule has 0 unspecified atom stereocenters. The van der Waals surface area contributed by atoms with Crippen LogP contribution in [0, 0.1) is 0 Å². The van der Waals surface area contributed by atoms with Crippen LogP contribution in [0.4, 0.5) is 5.69 Å². The smallest absolute Gasteiger partial charge is 0.356 e. The highest BCUT2D eigenvalue weighted by molar-refractivity contribution is 6.46. The molecule has 1 aromatic rings. The molecule has 0 spiro atoms. The van der Waals surface area contributed by atoms with Crippen molar-refractivity contribution in [2.75, 3.05) is 5.43 Å². The molecule has 1 aliphatic carbocycles. The number of anilines is 1. The Bertz CT molecular complexity index is 702. The van der Waals surface area contributed by atoms with E-state index in [1.54, 1.807) is 0 Å². The van der Waals surface area contributed by atoms with Gasteiger partial charge in [-0.3, -0.25) is 5.43 Å². The van der Waals surface area contributed by atoms with Crippen LogP contribution >= 0.6 is 34.8 Å². The molecule has 0 amide bonds. The van der Waals surface area contributed by atoms with Gasteiger partial charge < -0.3 is 5.11 Å². The number of hydrogen-bond donors (Lipinski definition) is 2. The van der Waals surface area contributed by atoms with Crippen LogP contribution < -0.4 is 5.43 Å². The number of carboxylic acids is 1. The van der Waals surface area contributed by atoms with Crippen molar-refractivity contribution in [1.29, 1.82) is 0 Å². The third kappa shape index (κ3) is 4.41. The number of hydrazone groups is 1. The van der Waals surface area contributed by atoms with Gasteiger partial charge in [-0.2, -0.15) is 5.10 Å². The fourth-order valence-corrected chi connectivity index (χ4v) is 3.14. The maximum absolute atomic E-state index is 11.2. The predicted molar refractivity (Wildman–Crippen MR) is 98.7 cm³/mol. The Morgan fingerprint density at radius 2 is 2.08 bits per heavy atom. The van der Waals surface area contributed by atoms with Crippen molar-refractivity contribution >= 4 is 52.2 Å². The lowest BCUT2D eigenvalue weighted by Gasteiger charge is -2.11. The van der Waals surface area contributed by atoms with Crippen LogP contribution in [0.25, 0.3) is 0 Å². The lowest BCUT2D eigenvalue weighted by molar-refractivity contribution is 0.0691. The van der Waals surface area contributed by atoms with E-state index in [4.69, 9.17) is 39.9 Å². The van der Waals surface area contributed by atoms with Crippen molar-refractivity contribution in [3.05, 3.63) is 32.5 Å². The predicted octanol–water partition coefficient (Wildman–Crippen LogP) is 5.81. The minimum Gasteiger partial charge on any atom is -0.476 e. The molecular formula is C16H18Cl3N3O2. The van der Waals surface area contributed by atoms with Gasteiger partial charge >= 0.3 is 5.97 Å². The normalized spacial score (nSPS) is 15.7. The van der Waals surface area contributed by atoms with E-state index in [0.29, 0.717) is 0 Å². The second-order valence-electron chi connectivity index (χ2n) is 5.45. The Hall–Kier alpha value is -1.30. The summed E-state index contributed by atoms with van der Waals surface area (Å²) in [5.41, 5.74) is 4.71. The number of unbranched alkanes of at least 4 members (excludes halogenated alkanes) is 2. The summed E-state index contributed by atoms with van der Waals surface area (Å²) in [6.45, 7) is 2.16. The number of aromatic nitrogens is 1. The number of hydrogen-bond acceptors (Lipinski definition) is 4. The number of halogens is 3. The molecule has 0 atom stereocenters. The molecule has 0 fully saturated rings. The van der Waals surface area contributed by atoms with Gasteiger partial charge in [0.2, 0.25) is 0 Å². The van der Waals surface area contributed by atoms with E-state index in [2.05, 4.69) is 28.5 Å². The maximum atomic E-state index is 11.2. The van der Waals surface area contributed by atoms with Crippen molar-refractivity contribution < 1.29 is 9.90 Å². The molecule has 1 aromatic heterocycles. The summed E-state index contributed by atoms with van der Waals surface area (Å²) in [4.78, 5) is 14.9. The molecule has 130 valence electrons. The SMILES string of the molecule is CCCCCC1=CCC/C1=N/Nc1c(Cl)c(Cl)nc(C(=O)O)c1Cl. The van der Waals surface area contributed by atoms with Crippen LogP contribution in [0.15, 0.2) is 16.8 Å². The lowest BCUT2D eigenvalue weighted by atomic mass is 10.1. The first-order valence-electron chi connectivity index (χ1n) is 7.75. The van der Waals surface area contributed by atoms with Crippen LogP contribution in [0.3, 0.4) is 0 Å². The van der Waals surface area contributed by atoms with Crippen molar-refractivity contribution in [3.8, 4) is 0 Å². The average Bonchev–Trinajstić information content (AvgIpc) is 2.98. The number of carboxylic acid groups (broad SMARTS) is 1. The Morgan fingerprint density at radius 3 is 2.75 bits per heavy atom. The third-order valence-electron chi connectivity index (χ3n) is 3.74. The van der Waals surface area contributed by atoms with E-state index in [0.717, 1.165) is 37.8 Å². The fraction of sp³-hybridized carbons (Fsp3) is 0.438. The van der Waals surface area contributed by atoms with E-state index in [1.807, 2.05) is 0 Å². The van der Waals surface area contributed by atoms with Crippen LogP contribution in [-0.4, -0.2) is 21.8 Å². The second-order valence-corrected chi connectivity index (χ2v) is 6.57. The molecule has 0 aliphatic heterocycles. The molecule has 8 heteroatoms. The van der Waals surface area contributed by atoms with Gasteiger partial charge in [-0.05, 0) is 31.3 Å². The number of pyridine rings is 1. The summed E-state index contributed by atoms with van der Waals surface area (Å²) < 4.78 is 0. The van der Waals surface area contributed by atoms with E-state index >= 15 is 0 Å². The van der Waals surface area contributed by atoms with E-state index in [1.165, 1.54) is 12.0 Å². The van der Waals surface area contributed by atoms with Crippen molar-refractivity contribution in [1.82, 2.24) is 4.98 Å². The van der Waals surface area contributed by atoms with Gasteiger partial charge in [-0.15, -0.1) is 0 Å². The fourth-order valence-electron chi connectivity index (χ4n) is 2.48. The zero-order valence-electron chi connectivity index (χ0n) is 13.2. The number of rotatable bonds is 7. The number of allylic oxidation sites excluding steroid dienone is 2. The summed E-state index contributed by atoms with van der Waals surface area (Å²) in [5.74, 6) is -1.28. The average molecular weight is 391 g/mol. The van der Waals surface area contributed by atoms with Gasteiger partial charge in [0.1, 0.15) is 10.0 Å². The number of aromatic carboxylic acids is 1. The minimum atomic E-state index is -1.28. The van der Waals surface area contributed by atoms with Crippen LogP contribution in [0.1, 0.15) is 55.9 Å². The molecular weight excluding hydrogens is 373 g/mol. The number of nitrogens with zero attached hydrogens (tertiary/aromatic N) is 2. The van der Waals surface area contributed by atoms with Gasteiger partial charge in [-0.1, -0.05) is 60.6 Å². The quantitative estimate of drug-likeness (QED) is 0.350. The van der Waals surface area contributed by atoms with Gasteiger partial charge in [0.15, 0.2) is 10.8 Å². The summed E-state index contributed by atoms with van der Waals surface area (Å²) >= 11 is 18.0. The topological polar surface area (TPSA) is 74.6 Å². The summed E-state index contributed by atoms with van der Waals surface area (Å²) in [6.07, 6.45) is 8.39. The van der Waals surface area contributed by atoms with Crippen LogP contribution in [-0.2, 0) is 0 Å². The largest absolute Gasteiger partial charge is 0.476 e. The van der Waals surface area contributed by atoms with Crippen molar-refractivity contribution in [2.24, 2.45) is 5.10 Å². The Balaban J connectivity index is 2.22. The molecule has 24 heavy (non-hydrogen) atoms. The van der Waals surface area contributed by atoms with Gasteiger partial charge in [0, 0.05) is 0 Å². The first-order chi connectivity index (χ1) is 11.5. The lowest BCUT2D eigenvalue weighted by Crippen LogP contribution is -2.07. The monoisotopic (exact) mass is 389 g/mol. The Morgan fingerprint density at radius 1 is 1.33 bits per heavy atom. The molecule has 0 radical (unpaired) electrons. The number of nitrogens with one attached hydrogen (secondary N) is 1. The molecule has 5 nitrogen and oxygen atoms in total. The van der Waals surface area contributed by atoms with E-state index in [9.17, 15) is 4.79 Å². The third-order valence-corrected chi connectivity index (χ3v) is 4.84. The standard InChI is InChI=1S/C16H18Cl3N3O2/c1-2-3-4-6-9-7-5-8-10(9)21-22-13-11(17)14(16(23)24)20-15(19)12(13)18/h7H,2-6,8H2,1H3,(H,20,22)(H,23,24)/b21-10-. The molecule has 1 heterocycles. The molecule has 0 saturated heterocycles. The summed E-state index contributed by atoms with van der Waals surface area (Å²) in [5, 5.41) is 13.3. The highest BCUT2D eigenvalue weighted by Gasteiger charge is 2.21. The molecule has 1 aliphatic rings. The van der Waals surface area contributed by atoms with E-state index in [-0.39, 0.29) is 26.6 Å². The minimum absolute atomic E-state index is 0.0468. The first-order valence-corrected chi connectivity index (χ1v) is 8.88.